The monoisotopic (exact) mass is 291 g/mol. The Kier molecular flexibility index (Phi) is 11.7. The first-order valence-electron chi connectivity index (χ1n) is 7.08. The molecular formula is C14H29NO5. The van der Waals surface area contributed by atoms with Gasteiger partial charge in [0.25, 0.3) is 0 Å². The van der Waals surface area contributed by atoms with Gasteiger partial charge in [0.2, 0.25) is 0 Å². The number of hydrogen-bond acceptors (Lipinski definition) is 6. The van der Waals surface area contributed by atoms with Crippen molar-refractivity contribution in [3.8, 4) is 0 Å². The lowest BCUT2D eigenvalue weighted by molar-refractivity contribution is -0.148. The van der Waals surface area contributed by atoms with Crippen molar-refractivity contribution in [2.24, 2.45) is 0 Å². The summed E-state index contributed by atoms with van der Waals surface area (Å²) in [7, 11) is 3.05. The predicted molar refractivity (Wildman–Crippen MR) is 76.8 cm³/mol. The lowest BCUT2D eigenvalue weighted by Crippen LogP contribution is -2.50. The van der Waals surface area contributed by atoms with E-state index in [1.807, 2.05) is 13.8 Å². The van der Waals surface area contributed by atoms with Crippen molar-refractivity contribution < 1.29 is 23.7 Å². The predicted octanol–water partition coefficient (Wildman–Crippen LogP) is 0.987. The molecule has 0 aromatic carbocycles. The fourth-order valence-corrected chi connectivity index (χ4v) is 1.76. The van der Waals surface area contributed by atoms with Gasteiger partial charge in [-0.1, -0.05) is 6.92 Å². The largest absolute Gasteiger partial charge is 0.468 e. The zero-order chi connectivity index (χ0) is 15.3. The Balaban J connectivity index is 3.67. The maximum Gasteiger partial charge on any atom is 0.325 e. The summed E-state index contributed by atoms with van der Waals surface area (Å²) >= 11 is 0. The summed E-state index contributed by atoms with van der Waals surface area (Å²) in [6.45, 7) is 7.51. The standard InChI is InChI=1S/C14H29NO5/c1-5-15-14(2,13(16)18-4)7-10-19-8-6-9-20-12-11-17-3/h15H,5-12H2,1-4H3. The van der Waals surface area contributed by atoms with E-state index in [0.29, 0.717) is 46.0 Å². The molecule has 0 aliphatic carbocycles. The third-order valence-electron chi connectivity index (χ3n) is 2.96. The minimum atomic E-state index is -0.682. The Bertz CT molecular complexity index is 250. The van der Waals surface area contributed by atoms with Gasteiger partial charge in [0.15, 0.2) is 0 Å². The van der Waals surface area contributed by atoms with E-state index in [1.165, 1.54) is 7.11 Å². The third-order valence-corrected chi connectivity index (χ3v) is 2.96. The molecule has 1 N–H and O–H groups in total. The number of likely N-dealkylation sites (N-methyl/N-ethyl adjacent to an activating group) is 1. The second-order valence-corrected chi connectivity index (χ2v) is 4.68. The molecule has 0 radical (unpaired) electrons. The highest BCUT2D eigenvalue weighted by Crippen LogP contribution is 2.12. The first-order valence-corrected chi connectivity index (χ1v) is 7.08. The van der Waals surface area contributed by atoms with Crippen molar-refractivity contribution in [2.75, 3.05) is 53.8 Å². The van der Waals surface area contributed by atoms with Gasteiger partial charge in [-0.15, -0.1) is 0 Å². The molecule has 0 aliphatic heterocycles. The normalized spacial score (nSPS) is 14.0. The number of nitrogens with one attached hydrogen (secondary N) is 1. The van der Waals surface area contributed by atoms with E-state index >= 15 is 0 Å². The molecule has 6 heteroatoms. The van der Waals surface area contributed by atoms with Crippen molar-refractivity contribution in [1.29, 1.82) is 0 Å². The highest BCUT2D eigenvalue weighted by molar-refractivity contribution is 5.80. The third kappa shape index (κ3) is 8.47. The van der Waals surface area contributed by atoms with Crippen LogP contribution in [0.3, 0.4) is 0 Å². The molecule has 0 bridgehead atoms. The van der Waals surface area contributed by atoms with Gasteiger partial charge in [0, 0.05) is 26.9 Å². The quantitative estimate of drug-likeness (QED) is 0.403. The molecule has 1 unspecified atom stereocenters. The Morgan fingerprint density at radius 1 is 1.05 bits per heavy atom. The molecule has 0 aromatic rings. The van der Waals surface area contributed by atoms with Crippen LogP contribution in [-0.2, 0) is 23.7 Å². The molecular weight excluding hydrogens is 262 g/mol. The first kappa shape index (κ1) is 19.3. The summed E-state index contributed by atoms with van der Waals surface area (Å²) in [4.78, 5) is 11.7. The zero-order valence-corrected chi connectivity index (χ0v) is 13.2. The van der Waals surface area contributed by atoms with Crippen LogP contribution in [0.25, 0.3) is 0 Å². The van der Waals surface area contributed by atoms with Crippen LogP contribution in [0.5, 0.6) is 0 Å². The fourth-order valence-electron chi connectivity index (χ4n) is 1.76. The van der Waals surface area contributed by atoms with E-state index in [2.05, 4.69) is 5.32 Å². The van der Waals surface area contributed by atoms with E-state index in [1.54, 1.807) is 7.11 Å². The minimum absolute atomic E-state index is 0.258. The van der Waals surface area contributed by atoms with Gasteiger partial charge < -0.3 is 24.3 Å². The van der Waals surface area contributed by atoms with Crippen LogP contribution in [0.4, 0.5) is 0 Å². The Hall–Kier alpha value is -0.690. The van der Waals surface area contributed by atoms with Crippen molar-refractivity contribution in [3.05, 3.63) is 0 Å². The van der Waals surface area contributed by atoms with Crippen LogP contribution < -0.4 is 5.32 Å². The second-order valence-electron chi connectivity index (χ2n) is 4.68. The number of methoxy groups -OCH3 is 2. The van der Waals surface area contributed by atoms with E-state index in [0.717, 1.165) is 6.42 Å². The second kappa shape index (κ2) is 12.1. The highest BCUT2D eigenvalue weighted by atomic mass is 16.5. The number of carbonyl (C=O) groups excluding carboxylic acids is 1. The average Bonchev–Trinajstić information content (AvgIpc) is 2.45. The van der Waals surface area contributed by atoms with Crippen LogP contribution in [0, 0.1) is 0 Å². The van der Waals surface area contributed by atoms with Crippen LogP contribution in [0.2, 0.25) is 0 Å². The van der Waals surface area contributed by atoms with E-state index in [9.17, 15) is 4.79 Å². The molecule has 0 saturated heterocycles. The lowest BCUT2D eigenvalue weighted by Gasteiger charge is -2.27. The maximum atomic E-state index is 11.7. The molecule has 120 valence electrons. The minimum Gasteiger partial charge on any atom is -0.468 e. The number of esters is 1. The van der Waals surface area contributed by atoms with Crippen LogP contribution in [0.15, 0.2) is 0 Å². The van der Waals surface area contributed by atoms with E-state index < -0.39 is 5.54 Å². The van der Waals surface area contributed by atoms with Gasteiger partial charge in [-0.05, 0) is 26.3 Å². The SMILES string of the molecule is CCNC(C)(CCOCCCOCCOC)C(=O)OC. The lowest BCUT2D eigenvalue weighted by atomic mass is 9.98. The number of carbonyl (C=O) groups is 1. The van der Waals surface area contributed by atoms with Gasteiger partial charge >= 0.3 is 5.97 Å². The summed E-state index contributed by atoms with van der Waals surface area (Å²) in [6.07, 6.45) is 1.41. The molecule has 0 aliphatic rings. The molecule has 1 atom stereocenters. The van der Waals surface area contributed by atoms with Gasteiger partial charge in [0.1, 0.15) is 5.54 Å². The van der Waals surface area contributed by atoms with Gasteiger partial charge in [-0.25, -0.2) is 0 Å². The van der Waals surface area contributed by atoms with Crippen LogP contribution in [-0.4, -0.2) is 65.3 Å². The summed E-state index contributed by atoms with van der Waals surface area (Å²) in [6, 6.07) is 0. The smallest absolute Gasteiger partial charge is 0.325 e. The van der Waals surface area contributed by atoms with Crippen molar-refractivity contribution in [1.82, 2.24) is 5.32 Å². The fraction of sp³-hybridized carbons (Fsp3) is 0.929. The molecule has 6 nitrogen and oxygen atoms in total. The molecule has 0 fully saturated rings. The van der Waals surface area contributed by atoms with Crippen LogP contribution >= 0.6 is 0 Å². The van der Waals surface area contributed by atoms with Gasteiger partial charge in [-0.3, -0.25) is 4.79 Å². The molecule has 20 heavy (non-hydrogen) atoms. The molecule has 0 heterocycles. The average molecular weight is 291 g/mol. The van der Waals surface area contributed by atoms with Crippen molar-refractivity contribution in [3.63, 3.8) is 0 Å². The zero-order valence-electron chi connectivity index (χ0n) is 13.2. The Labute approximate surface area is 122 Å². The summed E-state index contributed by atoms with van der Waals surface area (Å²) in [5, 5.41) is 3.14. The summed E-state index contributed by atoms with van der Waals surface area (Å²) < 4.78 is 20.5. The van der Waals surface area contributed by atoms with E-state index in [-0.39, 0.29) is 5.97 Å². The van der Waals surface area contributed by atoms with E-state index in [4.69, 9.17) is 18.9 Å². The Morgan fingerprint density at radius 3 is 2.25 bits per heavy atom. The summed E-state index contributed by atoms with van der Waals surface area (Å²) in [5.41, 5.74) is -0.682. The van der Waals surface area contributed by atoms with Gasteiger partial charge in [0.05, 0.1) is 20.3 Å². The first-order chi connectivity index (χ1) is 9.60. The van der Waals surface area contributed by atoms with Crippen molar-refractivity contribution in [2.45, 2.75) is 32.2 Å². The Morgan fingerprint density at radius 2 is 1.70 bits per heavy atom. The number of hydrogen-bond donors (Lipinski definition) is 1. The number of ether oxygens (including phenoxy) is 4. The van der Waals surface area contributed by atoms with Crippen LogP contribution in [0.1, 0.15) is 26.7 Å². The molecule has 0 amide bonds. The molecule has 0 spiro atoms. The topological polar surface area (TPSA) is 66.0 Å². The molecule has 0 rings (SSSR count). The highest BCUT2D eigenvalue weighted by Gasteiger charge is 2.32. The number of rotatable bonds is 13. The van der Waals surface area contributed by atoms with Crippen molar-refractivity contribution >= 4 is 5.97 Å². The molecule has 0 aromatic heterocycles. The summed E-state index contributed by atoms with van der Waals surface area (Å²) in [5.74, 6) is -0.258. The van der Waals surface area contributed by atoms with Gasteiger partial charge in [-0.2, -0.15) is 0 Å². The molecule has 0 saturated carbocycles. The maximum absolute atomic E-state index is 11.7.